The van der Waals surface area contributed by atoms with Crippen LogP contribution in [-0.4, -0.2) is 32.6 Å². The molecule has 132 valence electrons. The van der Waals surface area contributed by atoms with Crippen LogP contribution in [0.15, 0.2) is 42.5 Å². The lowest BCUT2D eigenvalue weighted by Gasteiger charge is -2.10. The molecule has 2 amide bonds. The van der Waals surface area contributed by atoms with Gasteiger partial charge in [0.25, 0.3) is 0 Å². The number of hydrogen-bond donors (Lipinski definition) is 2. The zero-order valence-electron chi connectivity index (χ0n) is 14.0. The van der Waals surface area contributed by atoms with Gasteiger partial charge >= 0.3 is 0 Å². The minimum Gasteiger partial charge on any atom is -0.493 e. The molecule has 0 aromatic heterocycles. The molecule has 0 aliphatic rings. The lowest BCUT2D eigenvalue weighted by molar-refractivity contribution is -0.123. The van der Waals surface area contributed by atoms with Crippen molar-refractivity contribution < 1.29 is 19.1 Å². The molecule has 0 radical (unpaired) electrons. The number of methoxy groups -OCH3 is 2. The van der Waals surface area contributed by atoms with E-state index >= 15 is 0 Å². The molecule has 0 aliphatic carbocycles. The first kappa shape index (κ1) is 18.6. The number of rotatable bonds is 7. The summed E-state index contributed by atoms with van der Waals surface area (Å²) in [5.41, 5.74) is 1.25. The van der Waals surface area contributed by atoms with Crippen molar-refractivity contribution in [2.75, 3.05) is 26.1 Å². The second kappa shape index (κ2) is 8.94. The summed E-state index contributed by atoms with van der Waals surface area (Å²) in [6, 6.07) is 12.1. The Labute approximate surface area is 151 Å². The van der Waals surface area contributed by atoms with Crippen LogP contribution in [0.25, 0.3) is 0 Å². The maximum atomic E-state index is 12.0. The van der Waals surface area contributed by atoms with Crippen LogP contribution in [0.2, 0.25) is 5.02 Å². The molecule has 0 heterocycles. The van der Waals surface area contributed by atoms with Crippen molar-refractivity contribution in [3.8, 4) is 11.5 Å². The number of amides is 2. The summed E-state index contributed by atoms with van der Waals surface area (Å²) in [7, 11) is 3.07. The highest BCUT2D eigenvalue weighted by Gasteiger charge is 2.10. The van der Waals surface area contributed by atoms with Crippen molar-refractivity contribution in [1.82, 2.24) is 5.32 Å². The van der Waals surface area contributed by atoms with Crippen molar-refractivity contribution in [3.63, 3.8) is 0 Å². The Morgan fingerprint density at radius 2 is 1.72 bits per heavy atom. The predicted octanol–water partition coefficient (Wildman–Crippen LogP) is 2.65. The second-order valence-electron chi connectivity index (χ2n) is 5.17. The van der Waals surface area contributed by atoms with Gasteiger partial charge in [0, 0.05) is 0 Å². The molecule has 25 heavy (non-hydrogen) atoms. The van der Waals surface area contributed by atoms with E-state index in [0.717, 1.165) is 5.56 Å². The van der Waals surface area contributed by atoms with Crippen molar-refractivity contribution in [2.24, 2.45) is 0 Å². The van der Waals surface area contributed by atoms with Gasteiger partial charge in [-0.2, -0.15) is 0 Å². The van der Waals surface area contributed by atoms with Crippen LogP contribution in [0.3, 0.4) is 0 Å². The third kappa shape index (κ3) is 5.39. The molecule has 0 aliphatic heterocycles. The number of para-hydroxylation sites is 1. The summed E-state index contributed by atoms with van der Waals surface area (Å²) in [5.74, 6) is 0.505. The normalized spacial score (nSPS) is 10.0. The standard InChI is InChI=1S/C18H19ClN2O4/c1-24-15-8-7-12(9-16(15)25-2)10-17(22)20-11-18(23)21-14-6-4-3-5-13(14)19/h3-9H,10-11H2,1-2H3,(H,20,22)(H,21,23). The topological polar surface area (TPSA) is 76.7 Å². The van der Waals surface area contributed by atoms with Gasteiger partial charge < -0.3 is 20.1 Å². The van der Waals surface area contributed by atoms with Crippen LogP contribution < -0.4 is 20.1 Å². The highest BCUT2D eigenvalue weighted by molar-refractivity contribution is 6.33. The van der Waals surface area contributed by atoms with Crippen LogP contribution in [0.4, 0.5) is 5.69 Å². The van der Waals surface area contributed by atoms with E-state index in [2.05, 4.69) is 10.6 Å². The van der Waals surface area contributed by atoms with E-state index in [0.29, 0.717) is 22.2 Å². The molecule has 0 bridgehead atoms. The zero-order valence-corrected chi connectivity index (χ0v) is 14.7. The van der Waals surface area contributed by atoms with Gasteiger partial charge in [-0.05, 0) is 29.8 Å². The molecule has 0 saturated heterocycles. The Morgan fingerprint density at radius 3 is 2.40 bits per heavy atom. The summed E-state index contributed by atoms with van der Waals surface area (Å²) >= 11 is 5.97. The van der Waals surface area contributed by atoms with Crippen LogP contribution in [0.1, 0.15) is 5.56 Å². The molecule has 7 heteroatoms. The van der Waals surface area contributed by atoms with E-state index in [1.54, 1.807) is 49.6 Å². The number of nitrogens with one attached hydrogen (secondary N) is 2. The van der Waals surface area contributed by atoms with Crippen molar-refractivity contribution in [1.29, 1.82) is 0 Å². The number of anilines is 1. The quantitative estimate of drug-likeness (QED) is 0.794. The molecule has 0 spiro atoms. The molecule has 6 nitrogen and oxygen atoms in total. The van der Waals surface area contributed by atoms with Crippen LogP contribution in [-0.2, 0) is 16.0 Å². The van der Waals surface area contributed by atoms with Crippen LogP contribution in [0, 0.1) is 0 Å². The number of carbonyl (C=O) groups is 2. The lowest BCUT2D eigenvalue weighted by Crippen LogP contribution is -2.33. The van der Waals surface area contributed by atoms with Gasteiger partial charge in [0.2, 0.25) is 11.8 Å². The number of carbonyl (C=O) groups excluding carboxylic acids is 2. The molecule has 0 atom stereocenters. The number of halogens is 1. The maximum Gasteiger partial charge on any atom is 0.243 e. The molecule has 2 aromatic rings. The maximum absolute atomic E-state index is 12.0. The van der Waals surface area contributed by atoms with Crippen molar-refractivity contribution in [2.45, 2.75) is 6.42 Å². The van der Waals surface area contributed by atoms with Gasteiger partial charge in [0.1, 0.15) is 0 Å². The predicted molar refractivity (Wildman–Crippen MR) is 96.3 cm³/mol. The van der Waals surface area contributed by atoms with Gasteiger partial charge in [-0.15, -0.1) is 0 Å². The van der Waals surface area contributed by atoms with E-state index in [1.165, 1.54) is 7.11 Å². The number of hydrogen-bond acceptors (Lipinski definition) is 4. The van der Waals surface area contributed by atoms with E-state index in [4.69, 9.17) is 21.1 Å². The van der Waals surface area contributed by atoms with E-state index in [9.17, 15) is 9.59 Å². The van der Waals surface area contributed by atoms with Gasteiger partial charge in [0.05, 0.1) is 37.9 Å². The van der Waals surface area contributed by atoms with Crippen LogP contribution in [0.5, 0.6) is 11.5 Å². The Kier molecular flexibility index (Phi) is 6.65. The van der Waals surface area contributed by atoms with E-state index in [-0.39, 0.29) is 24.8 Å². The van der Waals surface area contributed by atoms with E-state index < -0.39 is 0 Å². The van der Waals surface area contributed by atoms with Gasteiger partial charge in [-0.25, -0.2) is 0 Å². The summed E-state index contributed by atoms with van der Waals surface area (Å²) in [6.45, 7) is -0.142. The summed E-state index contributed by atoms with van der Waals surface area (Å²) in [4.78, 5) is 23.9. The number of benzene rings is 2. The van der Waals surface area contributed by atoms with Crippen LogP contribution >= 0.6 is 11.6 Å². The lowest BCUT2D eigenvalue weighted by atomic mass is 10.1. The first-order chi connectivity index (χ1) is 12.0. The third-order valence-corrected chi connectivity index (χ3v) is 3.74. The fourth-order valence-corrected chi connectivity index (χ4v) is 2.36. The highest BCUT2D eigenvalue weighted by Crippen LogP contribution is 2.27. The van der Waals surface area contributed by atoms with Crippen molar-refractivity contribution >= 4 is 29.1 Å². The first-order valence-electron chi connectivity index (χ1n) is 7.55. The van der Waals surface area contributed by atoms with Crippen molar-refractivity contribution in [3.05, 3.63) is 53.1 Å². The van der Waals surface area contributed by atoms with Gasteiger partial charge in [-0.3, -0.25) is 9.59 Å². The molecular formula is C18H19ClN2O4. The largest absolute Gasteiger partial charge is 0.493 e. The minimum absolute atomic E-state index is 0.125. The fourth-order valence-electron chi connectivity index (χ4n) is 2.17. The molecular weight excluding hydrogens is 344 g/mol. The first-order valence-corrected chi connectivity index (χ1v) is 7.93. The molecule has 2 rings (SSSR count). The average Bonchev–Trinajstić information content (AvgIpc) is 2.62. The molecule has 2 aromatic carbocycles. The Morgan fingerprint density at radius 1 is 1.00 bits per heavy atom. The molecule has 0 unspecified atom stereocenters. The highest BCUT2D eigenvalue weighted by atomic mass is 35.5. The second-order valence-corrected chi connectivity index (χ2v) is 5.58. The Bertz CT molecular complexity index is 764. The SMILES string of the molecule is COc1ccc(CC(=O)NCC(=O)Nc2ccccc2Cl)cc1OC. The number of ether oxygens (including phenoxy) is 2. The summed E-state index contributed by atoms with van der Waals surface area (Å²) < 4.78 is 10.4. The zero-order chi connectivity index (χ0) is 18.2. The minimum atomic E-state index is -0.353. The summed E-state index contributed by atoms with van der Waals surface area (Å²) in [6.07, 6.45) is 0.125. The fraction of sp³-hybridized carbons (Fsp3) is 0.222. The monoisotopic (exact) mass is 362 g/mol. The molecule has 2 N–H and O–H groups in total. The molecule has 0 saturated carbocycles. The Balaban J connectivity index is 1.86. The Hall–Kier alpha value is -2.73. The summed E-state index contributed by atoms with van der Waals surface area (Å²) in [5, 5.41) is 5.65. The van der Waals surface area contributed by atoms with Gasteiger partial charge in [0.15, 0.2) is 11.5 Å². The van der Waals surface area contributed by atoms with E-state index in [1.807, 2.05) is 0 Å². The third-order valence-electron chi connectivity index (χ3n) is 3.41. The molecule has 0 fully saturated rings. The smallest absolute Gasteiger partial charge is 0.243 e. The van der Waals surface area contributed by atoms with Gasteiger partial charge in [-0.1, -0.05) is 29.8 Å². The average molecular weight is 363 g/mol.